The van der Waals surface area contributed by atoms with Crippen molar-refractivity contribution >= 4 is 5.91 Å². The highest BCUT2D eigenvalue weighted by Crippen LogP contribution is 2.13. The fourth-order valence-electron chi connectivity index (χ4n) is 5.63. The average Bonchev–Trinajstić information content (AvgIpc) is 3.05. The maximum Gasteiger partial charge on any atom is 0.217 e. The number of nitrogens with two attached hydrogens (primary N) is 3. The van der Waals surface area contributed by atoms with Gasteiger partial charge in [-0.3, -0.25) is 4.79 Å². The maximum absolute atomic E-state index is 10.5. The standard InChI is InChI=1S/C18H35NO.C16H35N.C8H19N/c1-2-3-4-5-6-7-8-9-10-11-12-13-14-15-16-17-18(19)20;1-2-3-4-5-6-7-8-9-10-11-12-13-14-15-16-17;1-2-3-4-5-6-7-8-9/h9-10H,2-8,11-17H2,1H3,(H2,19,20);2-17H2,1H3;2-9H2,1H3/b10-9-;;. The van der Waals surface area contributed by atoms with Gasteiger partial charge in [-0.1, -0.05) is 200 Å². The number of primary amides is 1. The summed E-state index contributed by atoms with van der Waals surface area (Å²) in [4.78, 5) is 10.5. The van der Waals surface area contributed by atoms with E-state index in [0.717, 1.165) is 25.9 Å². The second-order valence-electron chi connectivity index (χ2n) is 13.7. The molecule has 0 rings (SSSR count). The molecule has 46 heavy (non-hydrogen) atoms. The molecule has 0 aliphatic rings. The van der Waals surface area contributed by atoms with Crippen molar-refractivity contribution in [1.82, 2.24) is 0 Å². The number of hydrogen-bond donors (Lipinski definition) is 3. The summed E-state index contributed by atoms with van der Waals surface area (Å²) in [6.45, 7) is 8.53. The zero-order valence-corrected chi connectivity index (χ0v) is 32.3. The summed E-state index contributed by atoms with van der Waals surface area (Å²) in [5.74, 6) is -0.164. The van der Waals surface area contributed by atoms with Crippen LogP contribution in [0.1, 0.15) is 239 Å². The predicted octanol–water partition coefficient (Wildman–Crippen LogP) is 13.2. The molecule has 4 nitrogen and oxygen atoms in total. The summed E-state index contributed by atoms with van der Waals surface area (Å²) >= 11 is 0. The van der Waals surface area contributed by atoms with E-state index in [0.29, 0.717) is 6.42 Å². The number of carbonyl (C=O) groups is 1. The minimum absolute atomic E-state index is 0.164. The molecule has 0 saturated heterocycles. The predicted molar refractivity (Wildman–Crippen MR) is 210 cm³/mol. The van der Waals surface area contributed by atoms with E-state index in [1.165, 1.54) is 199 Å². The molecule has 0 heterocycles. The van der Waals surface area contributed by atoms with E-state index in [1.807, 2.05) is 0 Å². The zero-order valence-electron chi connectivity index (χ0n) is 32.3. The van der Waals surface area contributed by atoms with Gasteiger partial charge in [-0.2, -0.15) is 0 Å². The Morgan fingerprint density at radius 2 is 0.609 bits per heavy atom. The largest absolute Gasteiger partial charge is 0.370 e. The van der Waals surface area contributed by atoms with Gasteiger partial charge in [0.1, 0.15) is 0 Å². The highest BCUT2D eigenvalue weighted by molar-refractivity contribution is 5.73. The minimum Gasteiger partial charge on any atom is -0.370 e. The lowest BCUT2D eigenvalue weighted by Gasteiger charge is -2.02. The van der Waals surface area contributed by atoms with Crippen LogP contribution in [-0.4, -0.2) is 19.0 Å². The molecule has 4 heteroatoms. The molecule has 0 spiro atoms. The number of unbranched alkanes of at least 4 members (excludes halogenated alkanes) is 29. The Bertz CT molecular complexity index is 517. The molecule has 0 aromatic rings. The topological polar surface area (TPSA) is 95.1 Å². The molecule has 0 aliphatic heterocycles. The summed E-state index contributed by atoms with van der Waals surface area (Å²) < 4.78 is 0. The lowest BCUT2D eigenvalue weighted by atomic mass is 10.0. The molecular weight excluding hydrogens is 562 g/mol. The summed E-state index contributed by atoms with van der Waals surface area (Å²) in [5.41, 5.74) is 15.9. The lowest BCUT2D eigenvalue weighted by molar-refractivity contribution is -0.118. The number of allylic oxidation sites excluding steroid dienone is 2. The molecule has 0 aromatic carbocycles. The van der Waals surface area contributed by atoms with Crippen LogP contribution in [0, 0.1) is 0 Å². The Morgan fingerprint density at radius 1 is 0.370 bits per heavy atom. The first-order chi connectivity index (χ1) is 22.6. The van der Waals surface area contributed by atoms with Crippen molar-refractivity contribution in [2.24, 2.45) is 17.2 Å². The van der Waals surface area contributed by atoms with Gasteiger partial charge in [-0.05, 0) is 58.0 Å². The Balaban J connectivity index is -0.000000644. The molecule has 0 radical (unpaired) electrons. The summed E-state index contributed by atoms with van der Waals surface area (Å²) in [6.07, 6.45) is 49.8. The SMILES string of the molecule is CCCCCCCC/C=C\CCCCCCCC(N)=O.CCCCCCCCCCCCCCCCN.CCCCCCCCN. The Morgan fingerprint density at radius 3 is 0.870 bits per heavy atom. The van der Waals surface area contributed by atoms with E-state index in [9.17, 15) is 4.79 Å². The second-order valence-corrected chi connectivity index (χ2v) is 13.7. The third-order valence-electron chi connectivity index (χ3n) is 8.80. The first-order valence-electron chi connectivity index (χ1n) is 20.9. The molecule has 0 atom stereocenters. The highest BCUT2D eigenvalue weighted by atomic mass is 16.1. The summed E-state index contributed by atoms with van der Waals surface area (Å²) in [6, 6.07) is 0. The van der Waals surface area contributed by atoms with E-state index in [2.05, 4.69) is 32.9 Å². The van der Waals surface area contributed by atoms with E-state index >= 15 is 0 Å². The third-order valence-corrected chi connectivity index (χ3v) is 8.80. The van der Waals surface area contributed by atoms with Crippen molar-refractivity contribution in [2.75, 3.05) is 13.1 Å². The number of hydrogen-bond acceptors (Lipinski definition) is 3. The van der Waals surface area contributed by atoms with E-state index < -0.39 is 0 Å². The van der Waals surface area contributed by atoms with E-state index in [4.69, 9.17) is 17.2 Å². The van der Waals surface area contributed by atoms with E-state index in [-0.39, 0.29) is 5.91 Å². The van der Waals surface area contributed by atoms with Gasteiger partial charge in [0.25, 0.3) is 0 Å². The van der Waals surface area contributed by atoms with E-state index in [1.54, 1.807) is 0 Å². The van der Waals surface area contributed by atoms with Crippen LogP contribution in [0.2, 0.25) is 0 Å². The maximum atomic E-state index is 10.5. The van der Waals surface area contributed by atoms with Crippen LogP contribution < -0.4 is 17.2 Å². The van der Waals surface area contributed by atoms with Crippen molar-refractivity contribution in [3.8, 4) is 0 Å². The normalized spacial score (nSPS) is 10.9. The van der Waals surface area contributed by atoms with Crippen LogP contribution in [-0.2, 0) is 4.79 Å². The molecule has 0 saturated carbocycles. The number of rotatable bonds is 35. The quantitative estimate of drug-likeness (QED) is 0.0470. The number of amides is 1. The molecular formula is C42H89N3O. The lowest BCUT2D eigenvalue weighted by Crippen LogP contribution is -2.09. The van der Waals surface area contributed by atoms with Crippen LogP contribution in [0.3, 0.4) is 0 Å². The van der Waals surface area contributed by atoms with Gasteiger partial charge in [-0.15, -0.1) is 0 Å². The van der Waals surface area contributed by atoms with Crippen LogP contribution in [0.15, 0.2) is 12.2 Å². The van der Waals surface area contributed by atoms with Gasteiger partial charge in [-0.25, -0.2) is 0 Å². The molecule has 278 valence electrons. The second kappa shape index (κ2) is 51.0. The van der Waals surface area contributed by atoms with Gasteiger partial charge in [0, 0.05) is 6.42 Å². The monoisotopic (exact) mass is 652 g/mol. The third kappa shape index (κ3) is 58.6. The Kier molecular flexibility index (Phi) is 54.9. The van der Waals surface area contributed by atoms with Crippen LogP contribution >= 0.6 is 0 Å². The molecule has 6 N–H and O–H groups in total. The molecule has 0 unspecified atom stereocenters. The van der Waals surface area contributed by atoms with Gasteiger partial charge in [0.15, 0.2) is 0 Å². The average molecular weight is 652 g/mol. The zero-order chi connectivity index (χ0) is 34.4. The molecule has 0 bridgehead atoms. The first-order valence-corrected chi connectivity index (χ1v) is 20.9. The van der Waals surface area contributed by atoms with Gasteiger partial charge < -0.3 is 17.2 Å². The minimum atomic E-state index is -0.164. The summed E-state index contributed by atoms with van der Waals surface area (Å²) in [7, 11) is 0. The smallest absolute Gasteiger partial charge is 0.217 e. The Labute approximate surface area is 291 Å². The van der Waals surface area contributed by atoms with Crippen molar-refractivity contribution in [3.05, 3.63) is 12.2 Å². The van der Waals surface area contributed by atoms with Gasteiger partial charge in [0.2, 0.25) is 5.91 Å². The van der Waals surface area contributed by atoms with Crippen molar-refractivity contribution in [3.63, 3.8) is 0 Å². The van der Waals surface area contributed by atoms with Crippen LogP contribution in [0.5, 0.6) is 0 Å². The van der Waals surface area contributed by atoms with Crippen molar-refractivity contribution in [1.29, 1.82) is 0 Å². The van der Waals surface area contributed by atoms with Gasteiger partial charge in [0.05, 0.1) is 0 Å². The molecule has 0 aliphatic carbocycles. The molecule has 0 aromatic heterocycles. The number of carbonyl (C=O) groups excluding carboxylic acids is 1. The first kappa shape index (κ1) is 49.5. The van der Waals surface area contributed by atoms with Crippen molar-refractivity contribution in [2.45, 2.75) is 239 Å². The van der Waals surface area contributed by atoms with Gasteiger partial charge >= 0.3 is 0 Å². The molecule has 0 fully saturated rings. The molecule has 1 amide bonds. The van der Waals surface area contributed by atoms with Crippen molar-refractivity contribution < 1.29 is 4.79 Å². The fourth-order valence-corrected chi connectivity index (χ4v) is 5.63. The van der Waals surface area contributed by atoms with Crippen LogP contribution in [0.25, 0.3) is 0 Å². The van der Waals surface area contributed by atoms with Crippen LogP contribution in [0.4, 0.5) is 0 Å². The highest BCUT2D eigenvalue weighted by Gasteiger charge is 1.95. The Hall–Kier alpha value is -0.870. The fraction of sp³-hybridized carbons (Fsp3) is 0.929. The summed E-state index contributed by atoms with van der Waals surface area (Å²) in [5, 5.41) is 0.